The van der Waals surface area contributed by atoms with Gasteiger partial charge < -0.3 is 34.8 Å². The van der Waals surface area contributed by atoms with E-state index in [1.807, 2.05) is 18.2 Å². The number of fused-ring (bicyclic) bond motifs is 2. The number of pyridine rings is 1. The van der Waals surface area contributed by atoms with E-state index in [9.17, 15) is 33.2 Å². The minimum Gasteiger partial charge on any atom is -0.495 e. The summed E-state index contributed by atoms with van der Waals surface area (Å²) in [7, 11) is 1.60. The molecule has 4 aromatic carbocycles. The molecule has 3 aliphatic heterocycles. The molecular formula is C55H54FN11O8. The summed E-state index contributed by atoms with van der Waals surface area (Å²) in [6.45, 7) is 5.64. The van der Waals surface area contributed by atoms with Crippen molar-refractivity contribution in [1.82, 2.24) is 34.9 Å². The number of nitrogens with zero attached hydrogens (tertiary/aromatic N) is 9. The first-order valence-corrected chi connectivity index (χ1v) is 25.3. The number of imide groups is 1. The number of halogens is 1. The highest BCUT2D eigenvalue weighted by Gasteiger charge is 2.56. The lowest BCUT2D eigenvalue weighted by Crippen LogP contribution is -2.49. The van der Waals surface area contributed by atoms with E-state index in [1.54, 1.807) is 60.7 Å². The van der Waals surface area contributed by atoms with Crippen LogP contribution in [0.25, 0.3) is 10.9 Å². The SMILES string of the molecule is COc1cc2c(Oc3ccc(NC(=O)C4(C(=O)Nc5ccc(F)cc5)CC4)cc3)ccnc2cc1N1CCN(C(=O)c2cnc(CCN3CCN(c4ccc5c(c4)C(=O)N(C4CCCCC4=O)C5=O)CC3)nn2)CC1. The van der Waals surface area contributed by atoms with E-state index in [-0.39, 0.29) is 29.2 Å². The number of methoxy groups -OCH3 is 1. The molecule has 2 aromatic heterocycles. The van der Waals surface area contributed by atoms with Gasteiger partial charge in [0.2, 0.25) is 11.8 Å². The fourth-order valence-corrected chi connectivity index (χ4v) is 10.4. The van der Waals surface area contributed by atoms with Crippen LogP contribution in [0, 0.1) is 11.2 Å². The molecule has 20 heteroatoms. The third kappa shape index (κ3) is 9.92. The number of anilines is 4. The molecule has 2 saturated heterocycles. The molecule has 5 amide bonds. The Labute approximate surface area is 431 Å². The third-order valence-corrected chi connectivity index (χ3v) is 14.9. The smallest absolute Gasteiger partial charge is 0.276 e. The average Bonchev–Trinajstić information content (AvgIpc) is 4.23. The maximum absolute atomic E-state index is 13.6. The number of carbonyl (C=O) groups is 6. The highest BCUT2D eigenvalue weighted by Crippen LogP contribution is 2.48. The zero-order valence-electron chi connectivity index (χ0n) is 41.3. The zero-order chi connectivity index (χ0) is 51.8. The predicted octanol–water partition coefficient (Wildman–Crippen LogP) is 6.15. The van der Waals surface area contributed by atoms with Crippen molar-refractivity contribution in [2.75, 3.05) is 86.4 Å². The molecule has 1 unspecified atom stereocenters. The van der Waals surface area contributed by atoms with Crippen LogP contribution in [0.15, 0.2) is 97.3 Å². The lowest BCUT2D eigenvalue weighted by atomic mass is 9.93. The van der Waals surface area contributed by atoms with Gasteiger partial charge in [-0.3, -0.25) is 43.6 Å². The molecule has 0 bridgehead atoms. The fourth-order valence-electron chi connectivity index (χ4n) is 10.4. The fraction of sp³-hybridized carbons (Fsp3) is 0.345. The summed E-state index contributed by atoms with van der Waals surface area (Å²) >= 11 is 0. The average molecular weight is 1020 g/mol. The van der Waals surface area contributed by atoms with Crippen LogP contribution in [0.2, 0.25) is 0 Å². The molecule has 75 heavy (non-hydrogen) atoms. The summed E-state index contributed by atoms with van der Waals surface area (Å²) in [6.07, 6.45) is 7.07. The van der Waals surface area contributed by atoms with Gasteiger partial charge in [-0.15, -0.1) is 10.2 Å². The van der Waals surface area contributed by atoms with Gasteiger partial charge in [0.05, 0.1) is 41.7 Å². The predicted molar refractivity (Wildman–Crippen MR) is 275 cm³/mol. The molecule has 2 N–H and O–H groups in total. The van der Waals surface area contributed by atoms with Crippen molar-refractivity contribution in [3.05, 3.63) is 126 Å². The zero-order valence-corrected chi connectivity index (χ0v) is 41.3. The Kier molecular flexibility index (Phi) is 13.3. The monoisotopic (exact) mass is 1020 g/mol. The number of hydrogen-bond donors (Lipinski definition) is 2. The van der Waals surface area contributed by atoms with E-state index in [0.717, 1.165) is 55.8 Å². The van der Waals surface area contributed by atoms with E-state index < -0.39 is 29.1 Å². The molecule has 11 rings (SSSR count). The highest BCUT2D eigenvalue weighted by atomic mass is 19.1. The minimum atomic E-state index is -1.19. The Morgan fingerprint density at radius 3 is 2.09 bits per heavy atom. The number of ketones is 1. The van der Waals surface area contributed by atoms with Crippen LogP contribution in [-0.2, 0) is 20.8 Å². The number of rotatable bonds is 14. The number of ether oxygens (including phenoxy) is 2. The van der Waals surface area contributed by atoms with Gasteiger partial charge in [-0.25, -0.2) is 9.37 Å². The van der Waals surface area contributed by atoms with Gasteiger partial charge in [-0.2, -0.15) is 0 Å². The lowest BCUT2D eigenvalue weighted by Gasteiger charge is -2.36. The third-order valence-electron chi connectivity index (χ3n) is 14.9. The van der Waals surface area contributed by atoms with Crippen LogP contribution in [0.5, 0.6) is 17.2 Å². The van der Waals surface area contributed by atoms with Crippen LogP contribution in [0.4, 0.5) is 27.1 Å². The van der Waals surface area contributed by atoms with Crippen molar-refractivity contribution in [1.29, 1.82) is 0 Å². The molecule has 4 fully saturated rings. The van der Waals surface area contributed by atoms with Crippen molar-refractivity contribution < 1.29 is 42.6 Å². The Morgan fingerprint density at radius 1 is 0.733 bits per heavy atom. The van der Waals surface area contributed by atoms with E-state index in [2.05, 4.69) is 45.5 Å². The van der Waals surface area contributed by atoms with Crippen molar-refractivity contribution in [2.45, 2.75) is 51.0 Å². The first-order chi connectivity index (χ1) is 36.4. The number of carbonyl (C=O) groups excluding carboxylic acids is 6. The van der Waals surface area contributed by atoms with Crippen LogP contribution in [0.1, 0.15) is 75.6 Å². The van der Waals surface area contributed by atoms with Gasteiger partial charge in [0.1, 0.15) is 28.5 Å². The number of hydrogen-bond acceptors (Lipinski definition) is 15. The first kappa shape index (κ1) is 48.9. The maximum atomic E-state index is 13.6. The van der Waals surface area contributed by atoms with Crippen molar-refractivity contribution in [2.24, 2.45) is 5.41 Å². The molecule has 19 nitrogen and oxygen atoms in total. The molecule has 1 atom stereocenters. The topological polar surface area (TPSA) is 213 Å². The number of amides is 5. The van der Waals surface area contributed by atoms with Crippen LogP contribution >= 0.6 is 0 Å². The van der Waals surface area contributed by atoms with Gasteiger partial charge in [0.15, 0.2) is 17.3 Å². The van der Waals surface area contributed by atoms with Gasteiger partial charge in [0.25, 0.3) is 17.7 Å². The first-order valence-electron chi connectivity index (χ1n) is 25.3. The maximum Gasteiger partial charge on any atom is 0.276 e. The molecule has 2 aliphatic carbocycles. The summed E-state index contributed by atoms with van der Waals surface area (Å²) < 4.78 is 25.5. The molecule has 0 radical (unpaired) electrons. The largest absolute Gasteiger partial charge is 0.495 e. The lowest BCUT2D eigenvalue weighted by molar-refractivity contribution is -0.131. The van der Waals surface area contributed by atoms with Crippen molar-refractivity contribution in [3.63, 3.8) is 0 Å². The number of aromatic nitrogens is 4. The molecule has 2 saturated carbocycles. The highest BCUT2D eigenvalue weighted by molar-refractivity contribution is 6.23. The molecule has 5 heterocycles. The normalized spacial score (nSPS) is 18.5. The van der Waals surface area contributed by atoms with E-state index in [0.29, 0.717) is 116 Å². The van der Waals surface area contributed by atoms with E-state index in [1.165, 1.54) is 35.4 Å². The van der Waals surface area contributed by atoms with Crippen LogP contribution in [-0.4, -0.2) is 142 Å². The van der Waals surface area contributed by atoms with Gasteiger partial charge in [-0.05, 0) is 111 Å². The second-order valence-electron chi connectivity index (χ2n) is 19.5. The Hall–Kier alpha value is -8.39. The Bertz CT molecular complexity index is 3210. The summed E-state index contributed by atoms with van der Waals surface area (Å²) in [4.78, 5) is 97.8. The van der Waals surface area contributed by atoms with E-state index in [4.69, 9.17) is 9.47 Å². The Morgan fingerprint density at radius 2 is 1.43 bits per heavy atom. The standard InChI is InChI=1S/C55H54FN11O8/c1-74-48-31-41-42(57-20-16-47(41)75-38-13-10-36(11-14-38)60-54(73)55(18-19-55)53(72)59-35-8-6-34(56)7-9-35)32-45(48)65-26-28-66(29-27-65)52(71)43-33-58-49(62-61-43)17-21-63-22-24-64(25-23-63)37-12-15-39-40(30-37)51(70)67(50(39)69)44-4-2-3-5-46(44)68/h6-16,20,30-33,44H,2-5,17-19,21-29H2,1H3,(H,59,72)(H,60,73). The molecule has 5 aliphatic rings. The van der Waals surface area contributed by atoms with Gasteiger partial charge in [0, 0.05) is 100 Å². The summed E-state index contributed by atoms with van der Waals surface area (Å²) in [6, 6.07) is 22.5. The van der Waals surface area contributed by atoms with Gasteiger partial charge >= 0.3 is 0 Å². The van der Waals surface area contributed by atoms with Crippen molar-refractivity contribution >= 4 is 69.0 Å². The van der Waals surface area contributed by atoms with Crippen LogP contribution in [0.3, 0.4) is 0 Å². The Balaban J connectivity index is 0.645. The number of piperazine rings is 2. The molecule has 384 valence electrons. The summed E-state index contributed by atoms with van der Waals surface area (Å²) in [5.74, 6) is -0.105. The second-order valence-corrected chi connectivity index (χ2v) is 19.5. The number of Topliss-reactive ketones (excluding diaryl/α,β-unsaturated/α-hetero) is 1. The quantitative estimate of drug-likeness (QED) is 0.0925. The van der Waals surface area contributed by atoms with Crippen molar-refractivity contribution in [3.8, 4) is 17.2 Å². The number of nitrogens with one attached hydrogen (secondary N) is 2. The summed E-state index contributed by atoms with van der Waals surface area (Å²) in [5.41, 5.74) is 3.00. The molecule has 6 aromatic rings. The second kappa shape index (κ2) is 20.5. The van der Waals surface area contributed by atoms with Crippen LogP contribution < -0.4 is 29.9 Å². The number of benzene rings is 4. The molecule has 0 spiro atoms. The van der Waals surface area contributed by atoms with Gasteiger partial charge in [-0.1, -0.05) is 6.42 Å². The molecular weight excluding hydrogens is 962 g/mol. The van der Waals surface area contributed by atoms with E-state index >= 15 is 0 Å². The summed E-state index contributed by atoms with van der Waals surface area (Å²) in [5, 5.41) is 14.9. The minimum absolute atomic E-state index is 0.0394.